The predicted octanol–water partition coefficient (Wildman–Crippen LogP) is 3.62. The van der Waals surface area contributed by atoms with Crippen molar-refractivity contribution in [1.29, 1.82) is 0 Å². The van der Waals surface area contributed by atoms with Crippen molar-refractivity contribution in [3.05, 3.63) is 59.2 Å². The van der Waals surface area contributed by atoms with Gasteiger partial charge in [0.15, 0.2) is 11.0 Å². The summed E-state index contributed by atoms with van der Waals surface area (Å²) >= 11 is 0. The Kier molecular flexibility index (Phi) is 2.94. The summed E-state index contributed by atoms with van der Waals surface area (Å²) in [6.07, 6.45) is 0. The van der Waals surface area contributed by atoms with Gasteiger partial charge in [0.25, 0.3) is 0 Å². The molecule has 2 unspecified atom stereocenters. The third-order valence-electron chi connectivity index (χ3n) is 3.81. The molecule has 3 heteroatoms. The molecule has 0 N–H and O–H groups in total. The summed E-state index contributed by atoms with van der Waals surface area (Å²) in [7, 11) is 0.766. The van der Waals surface area contributed by atoms with Gasteiger partial charge in [-0.05, 0) is 35.7 Å². The van der Waals surface area contributed by atoms with E-state index in [-0.39, 0.29) is 5.92 Å². The molecular weight excluding hydrogens is 254 g/mol. The first kappa shape index (κ1) is 12.4. The monoisotopic (exact) mass is 271 g/mol. The molecule has 2 atom stereocenters. The molecule has 98 valence electrons. The Labute approximate surface area is 116 Å². The second-order valence-corrected chi connectivity index (χ2v) is 6.55. The zero-order chi connectivity index (χ0) is 13.6. The minimum atomic E-state index is -1.14. The van der Waals surface area contributed by atoms with Gasteiger partial charge in [0, 0.05) is 13.0 Å². The van der Waals surface area contributed by atoms with E-state index in [9.17, 15) is 4.21 Å². The maximum atomic E-state index is 12.7. The summed E-state index contributed by atoms with van der Waals surface area (Å²) in [5.41, 5.74) is 4.61. The molecule has 0 saturated heterocycles. The highest BCUT2D eigenvalue weighted by molar-refractivity contribution is 7.86. The molecule has 0 spiro atoms. The Hall–Kier alpha value is -1.61. The quantitative estimate of drug-likeness (QED) is 0.716. The molecule has 2 aromatic rings. The molecule has 1 aliphatic rings. The molecule has 2 aromatic carbocycles. The van der Waals surface area contributed by atoms with Crippen molar-refractivity contribution in [1.82, 2.24) is 0 Å². The van der Waals surface area contributed by atoms with E-state index in [2.05, 4.69) is 25.1 Å². The van der Waals surface area contributed by atoms with Gasteiger partial charge in [0.2, 0.25) is 0 Å². The number of nitrogens with zero attached hydrogens (tertiary/aromatic N) is 1. The molecule has 0 amide bonds. The number of benzene rings is 2. The predicted molar refractivity (Wildman–Crippen MR) is 79.9 cm³/mol. The Bertz CT molecular complexity index is 666. The van der Waals surface area contributed by atoms with Gasteiger partial charge in [-0.15, -0.1) is 0 Å². The molecule has 2 nitrogen and oxygen atoms in total. The van der Waals surface area contributed by atoms with Crippen LogP contribution in [0.15, 0.2) is 47.4 Å². The van der Waals surface area contributed by atoms with Crippen molar-refractivity contribution >= 4 is 16.7 Å². The highest BCUT2D eigenvalue weighted by Crippen LogP contribution is 2.39. The van der Waals surface area contributed by atoms with E-state index in [1.54, 1.807) is 0 Å². The lowest BCUT2D eigenvalue weighted by Gasteiger charge is -2.18. The molecule has 0 radical (unpaired) electrons. The van der Waals surface area contributed by atoms with E-state index >= 15 is 0 Å². The molecule has 0 fully saturated rings. The third-order valence-corrected chi connectivity index (χ3v) is 5.24. The summed E-state index contributed by atoms with van der Waals surface area (Å²) < 4.78 is 14.6. The van der Waals surface area contributed by atoms with E-state index < -0.39 is 11.0 Å². The SMILES string of the molecule is Cc1ccc2c(c1)S(=O)N(C)c1ccccc1C2C. The molecule has 0 aliphatic carbocycles. The lowest BCUT2D eigenvalue weighted by atomic mass is 9.91. The summed E-state index contributed by atoms with van der Waals surface area (Å²) in [4.78, 5) is 0.936. The molecule has 1 aliphatic heterocycles. The summed E-state index contributed by atoms with van der Waals surface area (Å²) in [5, 5.41) is 0. The van der Waals surface area contributed by atoms with E-state index in [4.69, 9.17) is 0 Å². The van der Waals surface area contributed by atoms with Gasteiger partial charge in [-0.1, -0.05) is 37.3 Å². The molecule has 1 heterocycles. The van der Waals surface area contributed by atoms with Crippen molar-refractivity contribution in [3.63, 3.8) is 0 Å². The average Bonchev–Trinajstić information content (AvgIpc) is 2.51. The number of anilines is 1. The van der Waals surface area contributed by atoms with Crippen LogP contribution in [0.2, 0.25) is 0 Å². The van der Waals surface area contributed by atoms with Crippen LogP contribution in [0.5, 0.6) is 0 Å². The second kappa shape index (κ2) is 4.49. The Balaban J connectivity index is 2.30. The smallest absolute Gasteiger partial charge is 0.152 e. The lowest BCUT2D eigenvalue weighted by Crippen LogP contribution is -2.20. The van der Waals surface area contributed by atoms with Crippen LogP contribution >= 0.6 is 0 Å². The van der Waals surface area contributed by atoms with Crippen LogP contribution in [0.3, 0.4) is 0 Å². The van der Waals surface area contributed by atoms with E-state index in [1.807, 2.05) is 42.5 Å². The van der Waals surface area contributed by atoms with Crippen molar-refractivity contribution in [2.24, 2.45) is 0 Å². The van der Waals surface area contributed by atoms with Gasteiger partial charge in [-0.25, -0.2) is 4.21 Å². The van der Waals surface area contributed by atoms with Crippen LogP contribution in [0.1, 0.15) is 29.5 Å². The number of fused-ring (bicyclic) bond motifs is 2. The van der Waals surface area contributed by atoms with Crippen LogP contribution in [0.4, 0.5) is 5.69 Å². The van der Waals surface area contributed by atoms with Gasteiger partial charge in [0.05, 0.1) is 10.6 Å². The van der Waals surface area contributed by atoms with Crippen LogP contribution in [-0.4, -0.2) is 11.3 Å². The van der Waals surface area contributed by atoms with E-state index in [0.29, 0.717) is 0 Å². The number of para-hydroxylation sites is 1. The molecule has 0 aromatic heterocycles. The Morgan fingerprint density at radius 2 is 1.84 bits per heavy atom. The fourth-order valence-corrected chi connectivity index (χ4v) is 4.07. The van der Waals surface area contributed by atoms with Crippen molar-refractivity contribution < 1.29 is 4.21 Å². The molecule has 0 bridgehead atoms. The third kappa shape index (κ3) is 1.89. The first-order valence-corrected chi connectivity index (χ1v) is 7.55. The largest absolute Gasteiger partial charge is 0.291 e. The molecule has 19 heavy (non-hydrogen) atoms. The first-order valence-electron chi connectivity index (χ1n) is 6.44. The van der Waals surface area contributed by atoms with Crippen LogP contribution in [0, 0.1) is 6.92 Å². The lowest BCUT2D eigenvalue weighted by molar-refractivity contribution is 0.681. The zero-order valence-corrected chi connectivity index (χ0v) is 12.2. The first-order chi connectivity index (χ1) is 9.09. The standard InChI is InChI=1S/C16H17NOS/c1-11-8-9-14-12(2)13-6-4-5-7-15(13)17(3)19(18)16(14)10-11/h4-10,12H,1-3H3. The zero-order valence-electron chi connectivity index (χ0n) is 11.4. The molecule has 0 saturated carbocycles. The fraction of sp³-hybridized carbons (Fsp3) is 0.250. The van der Waals surface area contributed by atoms with Gasteiger partial charge in [-0.2, -0.15) is 0 Å². The summed E-state index contributed by atoms with van der Waals surface area (Å²) in [6.45, 7) is 4.23. The highest BCUT2D eigenvalue weighted by Gasteiger charge is 2.27. The van der Waals surface area contributed by atoms with Gasteiger partial charge < -0.3 is 0 Å². The van der Waals surface area contributed by atoms with Crippen molar-refractivity contribution in [3.8, 4) is 0 Å². The summed E-state index contributed by atoms with van der Waals surface area (Å²) in [5.74, 6) is 0.265. The highest BCUT2D eigenvalue weighted by atomic mass is 32.2. The number of hydrogen-bond acceptors (Lipinski definition) is 1. The topological polar surface area (TPSA) is 20.3 Å². The number of hydrogen-bond donors (Lipinski definition) is 0. The average molecular weight is 271 g/mol. The van der Waals surface area contributed by atoms with Crippen LogP contribution in [-0.2, 0) is 11.0 Å². The minimum absolute atomic E-state index is 0.265. The summed E-state index contributed by atoms with van der Waals surface area (Å²) in [6, 6.07) is 14.5. The Morgan fingerprint density at radius 1 is 1.11 bits per heavy atom. The maximum absolute atomic E-state index is 12.7. The normalized spacial score (nSPS) is 21.5. The fourth-order valence-electron chi connectivity index (χ4n) is 2.70. The maximum Gasteiger partial charge on any atom is 0.152 e. The van der Waals surface area contributed by atoms with Crippen LogP contribution in [0.25, 0.3) is 0 Å². The second-order valence-electron chi connectivity index (χ2n) is 5.07. The minimum Gasteiger partial charge on any atom is -0.291 e. The number of rotatable bonds is 0. The van der Waals surface area contributed by atoms with Crippen molar-refractivity contribution in [2.75, 3.05) is 11.4 Å². The molecular formula is C16H17NOS. The number of aryl methyl sites for hydroxylation is 1. The van der Waals surface area contributed by atoms with Gasteiger partial charge in [-0.3, -0.25) is 4.31 Å². The van der Waals surface area contributed by atoms with E-state index in [1.165, 1.54) is 11.1 Å². The molecule has 3 rings (SSSR count). The Morgan fingerprint density at radius 3 is 2.63 bits per heavy atom. The van der Waals surface area contributed by atoms with E-state index in [0.717, 1.165) is 16.1 Å². The van der Waals surface area contributed by atoms with Gasteiger partial charge in [0.1, 0.15) is 0 Å². The van der Waals surface area contributed by atoms with Crippen LogP contribution < -0.4 is 4.31 Å². The van der Waals surface area contributed by atoms with Crippen molar-refractivity contribution in [2.45, 2.75) is 24.7 Å². The van der Waals surface area contributed by atoms with Gasteiger partial charge >= 0.3 is 0 Å².